The van der Waals surface area contributed by atoms with Crippen molar-refractivity contribution in [1.29, 1.82) is 0 Å². The van der Waals surface area contributed by atoms with Crippen molar-refractivity contribution in [2.24, 2.45) is 0 Å². The van der Waals surface area contributed by atoms with Gasteiger partial charge in [0.2, 0.25) is 0 Å². The molecule has 1 atom stereocenters. The number of ether oxygens (including phenoxy) is 1. The molecule has 0 fully saturated rings. The number of para-hydroxylation sites is 1. The van der Waals surface area contributed by atoms with Crippen molar-refractivity contribution < 1.29 is 9.53 Å². The number of nitrogens with zero attached hydrogens (tertiary/aromatic N) is 3. The Kier molecular flexibility index (Phi) is 4.44. The topological polar surface area (TPSA) is 47.4 Å². The Morgan fingerprint density at radius 1 is 1.23 bits per heavy atom. The van der Waals surface area contributed by atoms with E-state index < -0.39 is 0 Å². The summed E-state index contributed by atoms with van der Waals surface area (Å²) in [5, 5.41) is 4.21. The molecule has 132 valence electrons. The van der Waals surface area contributed by atoms with Gasteiger partial charge in [0.05, 0.1) is 13.1 Å². The summed E-state index contributed by atoms with van der Waals surface area (Å²) in [5.41, 5.74) is 2.95. The summed E-state index contributed by atoms with van der Waals surface area (Å²) in [5.74, 6) is 0.937. The van der Waals surface area contributed by atoms with Gasteiger partial charge >= 0.3 is 0 Å². The standard InChI is InChI=1S/C21H21N3O2/c1-23(15-19-13-17-7-2-3-9-20(17)26-19)21(25)18-8-4-6-16(12-18)14-24-11-5-10-22-24/h2-12,19H,13-15H2,1H3/t19-/m1/s1. The molecule has 5 nitrogen and oxygen atoms in total. The highest BCUT2D eigenvalue weighted by atomic mass is 16.5. The average molecular weight is 347 g/mol. The molecular weight excluding hydrogens is 326 g/mol. The summed E-state index contributed by atoms with van der Waals surface area (Å²) in [6.07, 6.45) is 4.51. The lowest BCUT2D eigenvalue weighted by Crippen LogP contribution is -2.36. The van der Waals surface area contributed by atoms with E-state index in [-0.39, 0.29) is 12.0 Å². The fraction of sp³-hybridized carbons (Fsp3) is 0.238. The Morgan fingerprint density at radius 2 is 2.12 bits per heavy atom. The molecule has 0 radical (unpaired) electrons. The molecule has 0 aliphatic carbocycles. The smallest absolute Gasteiger partial charge is 0.253 e. The summed E-state index contributed by atoms with van der Waals surface area (Å²) in [6, 6.07) is 17.7. The average Bonchev–Trinajstić information content (AvgIpc) is 3.30. The summed E-state index contributed by atoms with van der Waals surface area (Å²) in [6.45, 7) is 1.22. The highest BCUT2D eigenvalue weighted by molar-refractivity contribution is 5.94. The number of carbonyl (C=O) groups is 1. The zero-order valence-electron chi connectivity index (χ0n) is 14.7. The minimum Gasteiger partial charge on any atom is -0.488 e. The minimum atomic E-state index is 0.00636. The quantitative estimate of drug-likeness (QED) is 0.713. The fourth-order valence-electron chi connectivity index (χ4n) is 3.35. The molecule has 0 bridgehead atoms. The van der Waals surface area contributed by atoms with Crippen molar-refractivity contribution in [1.82, 2.24) is 14.7 Å². The first-order valence-electron chi connectivity index (χ1n) is 8.75. The Bertz CT molecular complexity index is 880. The van der Waals surface area contributed by atoms with Crippen LogP contribution in [0.1, 0.15) is 21.5 Å². The fourth-order valence-corrected chi connectivity index (χ4v) is 3.35. The Morgan fingerprint density at radius 3 is 2.92 bits per heavy atom. The van der Waals surface area contributed by atoms with E-state index in [1.165, 1.54) is 5.56 Å². The largest absolute Gasteiger partial charge is 0.488 e. The lowest BCUT2D eigenvalue weighted by molar-refractivity contribution is 0.0730. The van der Waals surface area contributed by atoms with E-state index in [2.05, 4.69) is 11.2 Å². The molecule has 0 unspecified atom stereocenters. The van der Waals surface area contributed by atoms with E-state index >= 15 is 0 Å². The first-order chi connectivity index (χ1) is 12.7. The Labute approximate surface area is 152 Å². The molecule has 1 amide bonds. The van der Waals surface area contributed by atoms with Gasteiger partial charge in [-0.05, 0) is 35.4 Å². The van der Waals surface area contributed by atoms with E-state index in [4.69, 9.17) is 4.74 Å². The SMILES string of the molecule is CN(C[C@H]1Cc2ccccc2O1)C(=O)c1cccc(Cn2cccn2)c1. The summed E-state index contributed by atoms with van der Waals surface area (Å²) < 4.78 is 7.80. The van der Waals surface area contributed by atoms with Crippen molar-refractivity contribution in [3.63, 3.8) is 0 Å². The zero-order chi connectivity index (χ0) is 17.9. The summed E-state index contributed by atoms with van der Waals surface area (Å²) in [4.78, 5) is 14.5. The maximum atomic E-state index is 12.8. The number of benzene rings is 2. The van der Waals surface area contributed by atoms with E-state index in [0.717, 1.165) is 17.7 Å². The van der Waals surface area contributed by atoms with Crippen LogP contribution in [0.4, 0.5) is 0 Å². The van der Waals surface area contributed by atoms with Crippen molar-refractivity contribution in [3.05, 3.63) is 83.7 Å². The third-order valence-electron chi connectivity index (χ3n) is 4.62. The number of likely N-dealkylation sites (N-methyl/N-ethyl adjacent to an activating group) is 1. The number of rotatable bonds is 5. The monoisotopic (exact) mass is 347 g/mol. The predicted octanol–water partition coefficient (Wildman–Crippen LogP) is 3.01. The van der Waals surface area contributed by atoms with Crippen LogP contribution in [0.25, 0.3) is 0 Å². The van der Waals surface area contributed by atoms with E-state index in [0.29, 0.717) is 18.7 Å². The van der Waals surface area contributed by atoms with Gasteiger partial charge in [0, 0.05) is 31.4 Å². The number of amides is 1. The third-order valence-corrected chi connectivity index (χ3v) is 4.62. The molecule has 3 aromatic rings. The van der Waals surface area contributed by atoms with Crippen molar-refractivity contribution in [2.45, 2.75) is 19.1 Å². The lowest BCUT2D eigenvalue weighted by atomic mass is 10.1. The molecule has 0 saturated carbocycles. The number of fused-ring (bicyclic) bond motifs is 1. The second kappa shape index (κ2) is 7.04. The van der Waals surface area contributed by atoms with Crippen LogP contribution < -0.4 is 4.74 Å². The first-order valence-corrected chi connectivity index (χ1v) is 8.75. The molecule has 1 aliphatic heterocycles. The van der Waals surface area contributed by atoms with Gasteiger partial charge in [-0.25, -0.2) is 0 Å². The normalized spacial score (nSPS) is 15.3. The number of hydrogen-bond acceptors (Lipinski definition) is 3. The third kappa shape index (κ3) is 3.47. The molecule has 2 aromatic carbocycles. The predicted molar refractivity (Wildman–Crippen MR) is 99.3 cm³/mol. The van der Waals surface area contributed by atoms with E-state index in [1.54, 1.807) is 11.1 Å². The van der Waals surface area contributed by atoms with Crippen LogP contribution in [0, 0.1) is 0 Å². The van der Waals surface area contributed by atoms with Crippen LogP contribution in [0.2, 0.25) is 0 Å². The molecule has 1 aliphatic rings. The van der Waals surface area contributed by atoms with Crippen LogP contribution >= 0.6 is 0 Å². The molecule has 2 heterocycles. The van der Waals surface area contributed by atoms with Crippen molar-refractivity contribution >= 4 is 5.91 Å². The van der Waals surface area contributed by atoms with Gasteiger partial charge in [0.1, 0.15) is 11.9 Å². The second-order valence-electron chi connectivity index (χ2n) is 6.64. The van der Waals surface area contributed by atoms with Crippen LogP contribution in [-0.4, -0.2) is 40.3 Å². The zero-order valence-corrected chi connectivity index (χ0v) is 14.7. The molecule has 5 heteroatoms. The first kappa shape index (κ1) is 16.4. The molecule has 0 saturated heterocycles. The molecule has 26 heavy (non-hydrogen) atoms. The Hall–Kier alpha value is -3.08. The van der Waals surface area contributed by atoms with Gasteiger partial charge in [0.25, 0.3) is 5.91 Å². The van der Waals surface area contributed by atoms with Crippen LogP contribution in [0.15, 0.2) is 67.0 Å². The second-order valence-corrected chi connectivity index (χ2v) is 6.64. The van der Waals surface area contributed by atoms with Gasteiger partial charge in [-0.1, -0.05) is 30.3 Å². The van der Waals surface area contributed by atoms with Crippen molar-refractivity contribution in [2.75, 3.05) is 13.6 Å². The minimum absolute atomic E-state index is 0.00636. The van der Waals surface area contributed by atoms with Crippen molar-refractivity contribution in [3.8, 4) is 5.75 Å². The molecular formula is C21H21N3O2. The number of hydrogen-bond donors (Lipinski definition) is 0. The molecule has 4 rings (SSSR count). The lowest BCUT2D eigenvalue weighted by Gasteiger charge is -2.21. The molecule has 0 spiro atoms. The van der Waals surface area contributed by atoms with Gasteiger partial charge in [-0.2, -0.15) is 5.10 Å². The van der Waals surface area contributed by atoms with E-state index in [9.17, 15) is 4.79 Å². The van der Waals surface area contributed by atoms with E-state index in [1.807, 2.05) is 66.5 Å². The maximum Gasteiger partial charge on any atom is 0.253 e. The van der Waals surface area contributed by atoms with Gasteiger partial charge in [-0.15, -0.1) is 0 Å². The van der Waals surface area contributed by atoms with Gasteiger partial charge < -0.3 is 9.64 Å². The molecule has 0 N–H and O–H groups in total. The number of carbonyl (C=O) groups excluding carboxylic acids is 1. The van der Waals surface area contributed by atoms with Crippen LogP contribution in [0.3, 0.4) is 0 Å². The molecule has 1 aromatic heterocycles. The number of aromatic nitrogens is 2. The van der Waals surface area contributed by atoms with Crippen LogP contribution in [0.5, 0.6) is 5.75 Å². The highest BCUT2D eigenvalue weighted by Gasteiger charge is 2.25. The van der Waals surface area contributed by atoms with Crippen LogP contribution in [-0.2, 0) is 13.0 Å². The van der Waals surface area contributed by atoms with Gasteiger partial charge in [-0.3, -0.25) is 9.48 Å². The Balaban J connectivity index is 1.41. The summed E-state index contributed by atoms with van der Waals surface area (Å²) >= 11 is 0. The summed E-state index contributed by atoms with van der Waals surface area (Å²) in [7, 11) is 1.83. The maximum absolute atomic E-state index is 12.8. The highest BCUT2D eigenvalue weighted by Crippen LogP contribution is 2.28. The van der Waals surface area contributed by atoms with Gasteiger partial charge in [0.15, 0.2) is 0 Å².